The van der Waals surface area contributed by atoms with Gasteiger partial charge in [0.2, 0.25) is 0 Å². The van der Waals surface area contributed by atoms with Gasteiger partial charge in [-0.25, -0.2) is 22.3 Å². The summed E-state index contributed by atoms with van der Waals surface area (Å²) < 4.78 is 86.3. The van der Waals surface area contributed by atoms with Crippen LogP contribution in [0.2, 0.25) is 0 Å². The highest BCUT2D eigenvalue weighted by molar-refractivity contribution is 7.89. The van der Waals surface area contributed by atoms with Gasteiger partial charge in [-0.2, -0.15) is 22.6 Å². The molecule has 1 heterocycles. The Morgan fingerprint density at radius 1 is 1.08 bits per heavy atom. The van der Waals surface area contributed by atoms with Gasteiger partial charge in [0.05, 0.1) is 16.5 Å². The molecule has 0 fully saturated rings. The number of ether oxygens (including phenoxy) is 1. The second-order valence-corrected chi connectivity index (χ2v) is 11.6. The Hall–Kier alpha value is -3.49. The molecule has 0 saturated carbocycles. The van der Waals surface area contributed by atoms with Gasteiger partial charge in [0.15, 0.2) is 0 Å². The number of aliphatic hydroxyl groups is 1. The smallest absolute Gasteiger partial charge is 0.421 e. The van der Waals surface area contributed by atoms with E-state index in [1.165, 1.54) is 30.1 Å². The number of nitrogens with zero attached hydrogens (tertiary/aromatic N) is 3. The molecular formula is C25H27F4N3O6S. The first kappa shape index (κ1) is 30.1. The van der Waals surface area contributed by atoms with Crippen LogP contribution in [0.25, 0.3) is 0 Å². The summed E-state index contributed by atoms with van der Waals surface area (Å²) in [6.07, 6.45) is -6.84. The Labute approximate surface area is 222 Å². The average Bonchev–Trinajstić information content (AvgIpc) is 3.24. The van der Waals surface area contributed by atoms with Gasteiger partial charge >= 0.3 is 12.3 Å². The summed E-state index contributed by atoms with van der Waals surface area (Å²) in [7, 11) is -3.58. The summed E-state index contributed by atoms with van der Waals surface area (Å²) in [6.45, 7) is 4.52. The maximum atomic E-state index is 13.6. The molecule has 0 aliphatic heterocycles. The third kappa shape index (κ3) is 6.40. The number of alkyl halides is 3. The lowest BCUT2D eigenvalue weighted by atomic mass is 9.81. The van der Waals surface area contributed by atoms with Crippen LogP contribution in [0, 0.1) is 11.2 Å². The zero-order valence-electron chi connectivity index (χ0n) is 21.3. The molecule has 2 N–H and O–H groups in total. The molecule has 14 heteroatoms. The van der Waals surface area contributed by atoms with Crippen LogP contribution in [0.1, 0.15) is 55.3 Å². The predicted molar refractivity (Wildman–Crippen MR) is 130 cm³/mol. The molecule has 0 saturated heterocycles. The van der Waals surface area contributed by atoms with E-state index in [9.17, 15) is 41.0 Å². The number of aromatic nitrogens is 2. The summed E-state index contributed by atoms with van der Waals surface area (Å²) in [5.74, 6) is -0.566. The number of carbonyl (C=O) groups is 1. The minimum Gasteiger partial charge on any atom is -0.464 e. The van der Waals surface area contributed by atoms with Crippen molar-refractivity contribution in [1.82, 2.24) is 14.1 Å². The summed E-state index contributed by atoms with van der Waals surface area (Å²) in [5, 5.41) is 25.6. The Morgan fingerprint density at radius 2 is 1.64 bits per heavy atom. The van der Waals surface area contributed by atoms with Crippen LogP contribution < -0.4 is 0 Å². The van der Waals surface area contributed by atoms with Crippen molar-refractivity contribution in [2.45, 2.75) is 50.7 Å². The lowest BCUT2D eigenvalue weighted by molar-refractivity contribution is -0.137. The second-order valence-electron chi connectivity index (χ2n) is 9.76. The highest BCUT2D eigenvalue weighted by atomic mass is 32.2. The van der Waals surface area contributed by atoms with Crippen molar-refractivity contribution in [1.29, 1.82) is 0 Å². The summed E-state index contributed by atoms with van der Waals surface area (Å²) in [5.41, 5.74) is -2.20. The van der Waals surface area contributed by atoms with Crippen LogP contribution in [0.15, 0.2) is 59.6 Å². The molecule has 9 nitrogen and oxygen atoms in total. The van der Waals surface area contributed by atoms with Gasteiger partial charge in [-0.3, -0.25) is 0 Å². The van der Waals surface area contributed by atoms with Crippen molar-refractivity contribution in [2.75, 3.05) is 7.11 Å². The maximum absolute atomic E-state index is 13.6. The Balaban J connectivity index is 2.23. The second kappa shape index (κ2) is 10.9. The minimum atomic E-state index is -4.94. The van der Waals surface area contributed by atoms with E-state index in [0.717, 1.165) is 12.1 Å². The standard InChI is InChI=1S/C25H27F4N3O6S/c1-24(2,3)22(32(23(34)35)39(36,37)18-11-7-16(8-12-18)25(27,28)29)19-13-31(14-38-4)30-20(19)21(33)15-5-9-17(26)10-6-15/h5-13,21-22,33H,14H2,1-4H3,(H,34,35). The van der Waals surface area contributed by atoms with Gasteiger partial charge < -0.3 is 14.9 Å². The van der Waals surface area contributed by atoms with Crippen molar-refractivity contribution < 1.29 is 45.7 Å². The number of rotatable bonds is 8. The number of methoxy groups -OCH3 is 1. The van der Waals surface area contributed by atoms with Crippen molar-refractivity contribution in [3.8, 4) is 0 Å². The van der Waals surface area contributed by atoms with Crippen LogP contribution in [0.4, 0.5) is 22.4 Å². The first-order valence-corrected chi connectivity index (χ1v) is 12.9. The summed E-state index contributed by atoms with van der Waals surface area (Å²) in [4.78, 5) is 11.9. The van der Waals surface area contributed by atoms with E-state index in [4.69, 9.17) is 4.74 Å². The lowest BCUT2D eigenvalue weighted by Gasteiger charge is -2.38. The number of aliphatic hydroxyl groups excluding tert-OH is 1. The molecule has 39 heavy (non-hydrogen) atoms. The maximum Gasteiger partial charge on any atom is 0.421 e. The highest BCUT2D eigenvalue weighted by Gasteiger charge is 2.45. The fourth-order valence-corrected chi connectivity index (χ4v) is 5.72. The number of hydrogen-bond acceptors (Lipinski definition) is 6. The van der Waals surface area contributed by atoms with E-state index in [-0.39, 0.29) is 27.9 Å². The summed E-state index contributed by atoms with van der Waals surface area (Å²) >= 11 is 0. The SMILES string of the molecule is COCn1cc(C(N(C(=O)O)S(=O)(=O)c2ccc(C(F)(F)F)cc2)C(C)(C)C)c(C(O)c2ccc(F)cc2)n1. The molecule has 212 valence electrons. The van der Waals surface area contributed by atoms with Gasteiger partial charge in [0, 0.05) is 18.9 Å². The Kier molecular flexibility index (Phi) is 8.43. The van der Waals surface area contributed by atoms with Gasteiger partial charge in [-0.15, -0.1) is 0 Å². The zero-order chi connectivity index (χ0) is 29.3. The summed E-state index contributed by atoms with van der Waals surface area (Å²) in [6, 6.07) is 5.70. The van der Waals surface area contributed by atoms with Crippen LogP contribution in [-0.4, -0.2) is 45.9 Å². The molecule has 2 unspecified atom stereocenters. The lowest BCUT2D eigenvalue weighted by Crippen LogP contribution is -2.44. The van der Waals surface area contributed by atoms with Gasteiger partial charge in [-0.1, -0.05) is 32.9 Å². The minimum absolute atomic E-state index is 0.00531. The largest absolute Gasteiger partial charge is 0.464 e. The van der Waals surface area contributed by atoms with E-state index in [0.29, 0.717) is 24.3 Å². The third-order valence-corrected chi connectivity index (χ3v) is 7.56. The highest BCUT2D eigenvalue weighted by Crippen LogP contribution is 2.44. The van der Waals surface area contributed by atoms with Crippen LogP contribution >= 0.6 is 0 Å². The van der Waals surface area contributed by atoms with Crippen LogP contribution in [0.3, 0.4) is 0 Å². The Bertz CT molecular complexity index is 1420. The fourth-order valence-electron chi connectivity index (χ4n) is 4.10. The molecule has 1 amide bonds. The first-order chi connectivity index (χ1) is 18.0. The molecule has 1 aromatic heterocycles. The monoisotopic (exact) mass is 573 g/mol. The first-order valence-electron chi connectivity index (χ1n) is 11.4. The normalized spacial score (nSPS) is 14.2. The van der Waals surface area contributed by atoms with E-state index in [1.54, 1.807) is 20.8 Å². The molecule has 2 aromatic carbocycles. The number of benzene rings is 2. The van der Waals surface area contributed by atoms with Gasteiger partial charge in [0.1, 0.15) is 24.3 Å². The van der Waals surface area contributed by atoms with Gasteiger partial charge in [0.25, 0.3) is 10.0 Å². The number of halogens is 4. The number of sulfonamides is 1. The zero-order valence-corrected chi connectivity index (χ0v) is 22.2. The van der Waals surface area contributed by atoms with Crippen molar-refractivity contribution in [3.63, 3.8) is 0 Å². The fraction of sp³-hybridized carbons (Fsp3) is 0.360. The number of hydrogen-bond donors (Lipinski definition) is 2. The molecule has 0 radical (unpaired) electrons. The van der Waals surface area contributed by atoms with E-state index < -0.39 is 56.1 Å². The topological polar surface area (TPSA) is 122 Å². The molecule has 2 atom stereocenters. The molecular weight excluding hydrogens is 546 g/mol. The van der Waals surface area contributed by atoms with Crippen LogP contribution in [0.5, 0.6) is 0 Å². The van der Waals surface area contributed by atoms with Crippen molar-refractivity contribution >= 4 is 16.1 Å². The third-order valence-electron chi connectivity index (χ3n) is 5.80. The van der Waals surface area contributed by atoms with Crippen LogP contribution in [-0.2, 0) is 27.7 Å². The number of carboxylic acid groups (broad SMARTS) is 1. The van der Waals surface area contributed by atoms with E-state index in [2.05, 4.69) is 5.10 Å². The molecule has 3 aromatic rings. The van der Waals surface area contributed by atoms with E-state index in [1.807, 2.05) is 0 Å². The number of amides is 1. The van der Waals surface area contributed by atoms with Crippen molar-refractivity contribution in [3.05, 3.63) is 82.9 Å². The molecule has 0 spiro atoms. The predicted octanol–water partition coefficient (Wildman–Crippen LogP) is 5.18. The Morgan fingerprint density at radius 3 is 2.10 bits per heavy atom. The molecule has 0 bridgehead atoms. The molecule has 3 rings (SSSR count). The van der Waals surface area contributed by atoms with Crippen molar-refractivity contribution in [2.24, 2.45) is 5.41 Å². The quantitative estimate of drug-likeness (QED) is 0.356. The average molecular weight is 574 g/mol. The van der Waals surface area contributed by atoms with E-state index >= 15 is 0 Å². The molecule has 0 aliphatic rings. The van der Waals surface area contributed by atoms with Gasteiger partial charge in [-0.05, 0) is 47.4 Å². The molecule has 0 aliphatic carbocycles.